The molecule has 26 heavy (non-hydrogen) atoms. The molecule has 5 aromatic rings. The van der Waals surface area contributed by atoms with Gasteiger partial charge in [-0.05, 0) is 36.4 Å². The highest BCUT2D eigenvalue weighted by Crippen LogP contribution is 2.34. The summed E-state index contributed by atoms with van der Waals surface area (Å²) in [5.41, 5.74) is 2.72. The van der Waals surface area contributed by atoms with Crippen molar-refractivity contribution in [1.82, 2.24) is 19.9 Å². The van der Waals surface area contributed by atoms with Gasteiger partial charge in [0.15, 0.2) is 0 Å². The quantitative estimate of drug-likeness (QED) is 0.508. The molecular weight excluding hydrogens is 326 g/mol. The molecule has 0 saturated heterocycles. The Morgan fingerprint density at radius 1 is 0.885 bits per heavy atom. The normalized spacial score (nSPS) is 11.3. The summed E-state index contributed by atoms with van der Waals surface area (Å²) < 4.78 is 5.22. The third-order valence-corrected chi connectivity index (χ3v) is 4.50. The van der Waals surface area contributed by atoms with E-state index >= 15 is 0 Å². The predicted octanol–water partition coefficient (Wildman–Crippen LogP) is 4.41. The van der Waals surface area contributed by atoms with Crippen LogP contribution in [-0.4, -0.2) is 27.0 Å². The summed E-state index contributed by atoms with van der Waals surface area (Å²) in [6, 6.07) is 11.8. The summed E-state index contributed by atoms with van der Waals surface area (Å²) >= 11 is 0. The van der Waals surface area contributed by atoms with Gasteiger partial charge < -0.3 is 15.0 Å². The van der Waals surface area contributed by atoms with Crippen molar-refractivity contribution in [2.45, 2.75) is 0 Å². The van der Waals surface area contributed by atoms with E-state index in [1.54, 1.807) is 19.5 Å². The van der Waals surface area contributed by atoms with Gasteiger partial charge in [-0.15, -0.1) is 0 Å². The van der Waals surface area contributed by atoms with Crippen LogP contribution in [0.5, 0.6) is 5.75 Å². The Labute approximate surface area is 148 Å². The van der Waals surface area contributed by atoms with Crippen molar-refractivity contribution in [2.75, 3.05) is 12.4 Å². The Morgan fingerprint density at radius 2 is 1.65 bits per heavy atom. The van der Waals surface area contributed by atoms with Crippen LogP contribution in [0.2, 0.25) is 0 Å². The molecule has 0 fully saturated rings. The molecule has 0 atom stereocenters. The first-order valence-corrected chi connectivity index (χ1v) is 8.24. The SMILES string of the molecule is COc1ccc(Nc2nc3[nH]c4cnccc4c3c3ccncc23)cc1. The Hall–Kier alpha value is -3.67. The van der Waals surface area contributed by atoms with E-state index < -0.39 is 0 Å². The minimum absolute atomic E-state index is 0.755. The van der Waals surface area contributed by atoms with Crippen molar-refractivity contribution in [3.63, 3.8) is 0 Å². The second-order valence-corrected chi connectivity index (χ2v) is 6.01. The molecular formula is C20H15N5O. The summed E-state index contributed by atoms with van der Waals surface area (Å²) in [6.07, 6.45) is 7.26. The highest BCUT2D eigenvalue weighted by molar-refractivity contribution is 6.20. The van der Waals surface area contributed by atoms with E-state index in [-0.39, 0.29) is 0 Å². The van der Waals surface area contributed by atoms with E-state index in [9.17, 15) is 0 Å². The van der Waals surface area contributed by atoms with Gasteiger partial charge in [0.2, 0.25) is 0 Å². The highest BCUT2D eigenvalue weighted by atomic mass is 16.5. The molecule has 5 rings (SSSR count). The average molecular weight is 341 g/mol. The van der Waals surface area contributed by atoms with Gasteiger partial charge in [-0.2, -0.15) is 0 Å². The molecule has 0 amide bonds. The van der Waals surface area contributed by atoms with Gasteiger partial charge in [0.1, 0.15) is 17.2 Å². The molecule has 0 radical (unpaired) electrons. The fraction of sp³-hybridized carbons (Fsp3) is 0.0500. The molecule has 6 nitrogen and oxygen atoms in total. The van der Waals surface area contributed by atoms with Crippen LogP contribution in [0.25, 0.3) is 32.7 Å². The number of benzene rings is 1. The number of aromatic nitrogens is 4. The Bertz CT molecular complexity index is 1240. The number of H-pyrrole nitrogens is 1. The van der Waals surface area contributed by atoms with Crippen LogP contribution < -0.4 is 10.1 Å². The molecule has 4 heterocycles. The van der Waals surface area contributed by atoms with Gasteiger partial charge in [-0.25, -0.2) is 4.98 Å². The van der Waals surface area contributed by atoms with Crippen molar-refractivity contribution < 1.29 is 4.74 Å². The fourth-order valence-corrected chi connectivity index (χ4v) is 3.27. The number of nitrogens with zero attached hydrogens (tertiary/aromatic N) is 3. The van der Waals surface area contributed by atoms with E-state index in [1.165, 1.54) is 0 Å². The van der Waals surface area contributed by atoms with E-state index in [4.69, 9.17) is 9.72 Å². The van der Waals surface area contributed by atoms with Gasteiger partial charge >= 0.3 is 0 Å². The molecule has 0 saturated carbocycles. The molecule has 0 bridgehead atoms. The molecule has 2 N–H and O–H groups in total. The Balaban J connectivity index is 1.74. The van der Waals surface area contributed by atoms with Crippen molar-refractivity contribution in [1.29, 1.82) is 0 Å². The molecule has 1 aromatic carbocycles. The molecule has 0 aliphatic carbocycles. The van der Waals surface area contributed by atoms with Crippen LogP contribution in [0, 0.1) is 0 Å². The summed E-state index contributed by atoms with van der Waals surface area (Å²) in [6.45, 7) is 0. The number of hydrogen-bond donors (Lipinski definition) is 2. The Morgan fingerprint density at radius 3 is 2.46 bits per heavy atom. The zero-order valence-corrected chi connectivity index (χ0v) is 14.0. The fourth-order valence-electron chi connectivity index (χ4n) is 3.27. The Kier molecular flexibility index (Phi) is 3.21. The van der Waals surface area contributed by atoms with Crippen molar-refractivity contribution in [3.05, 3.63) is 61.2 Å². The first-order valence-electron chi connectivity index (χ1n) is 8.24. The molecule has 126 valence electrons. The molecule has 6 heteroatoms. The second kappa shape index (κ2) is 5.70. The molecule has 0 aliphatic heterocycles. The van der Waals surface area contributed by atoms with Crippen LogP contribution in [0.4, 0.5) is 11.5 Å². The maximum absolute atomic E-state index is 5.22. The van der Waals surface area contributed by atoms with Crippen LogP contribution in [-0.2, 0) is 0 Å². The lowest BCUT2D eigenvalue weighted by Crippen LogP contribution is -1.96. The number of pyridine rings is 3. The van der Waals surface area contributed by atoms with Crippen LogP contribution in [0.3, 0.4) is 0 Å². The number of methoxy groups -OCH3 is 1. The minimum atomic E-state index is 0.755. The first kappa shape index (κ1) is 14.7. The number of hydrogen-bond acceptors (Lipinski definition) is 5. The lowest BCUT2D eigenvalue weighted by atomic mass is 10.1. The van der Waals surface area contributed by atoms with Crippen LogP contribution in [0.15, 0.2) is 61.2 Å². The van der Waals surface area contributed by atoms with E-state index in [1.807, 2.05) is 48.8 Å². The number of nitrogens with one attached hydrogen (secondary N) is 2. The zero-order chi connectivity index (χ0) is 17.5. The van der Waals surface area contributed by atoms with Crippen molar-refractivity contribution >= 4 is 44.2 Å². The molecule has 0 unspecified atom stereocenters. The highest BCUT2D eigenvalue weighted by Gasteiger charge is 2.13. The lowest BCUT2D eigenvalue weighted by molar-refractivity contribution is 0.415. The largest absolute Gasteiger partial charge is 0.497 e. The maximum Gasteiger partial charge on any atom is 0.142 e. The van der Waals surface area contributed by atoms with Crippen LogP contribution in [0.1, 0.15) is 0 Å². The number of ether oxygens (including phenoxy) is 1. The molecule has 0 aliphatic rings. The van der Waals surface area contributed by atoms with Gasteiger partial charge in [0, 0.05) is 45.8 Å². The third kappa shape index (κ3) is 2.23. The standard InChI is InChI=1S/C20H15N5O/c1-26-13-4-2-12(3-5-13)23-19-16-10-21-8-6-14(16)18-15-7-9-22-11-17(15)24-20(18)25-19/h2-11H,1H3,(H2,23,24,25). The number of fused-ring (bicyclic) bond motifs is 5. The minimum Gasteiger partial charge on any atom is -0.497 e. The van der Waals surface area contributed by atoms with Crippen molar-refractivity contribution in [2.24, 2.45) is 0 Å². The third-order valence-electron chi connectivity index (χ3n) is 4.50. The number of anilines is 2. The lowest BCUT2D eigenvalue weighted by Gasteiger charge is -2.10. The van der Waals surface area contributed by atoms with E-state index in [0.717, 1.165) is 50.0 Å². The zero-order valence-electron chi connectivity index (χ0n) is 14.0. The summed E-state index contributed by atoms with van der Waals surface area (Å²) in [5.74, 6) is 1.57. The molecule has 0 spiro atoms. The predicted molar refractivity (Wildman–Crippen MR) is 103 cm³/mol. The summed E-state index contributed by atoms with van der Waals surface area (Å²) in [5, 5.41) is 7.64. The van der Waals surface area contributed by atoms with Gasteiger partial charge in [0.05, 0.1) is 18.8 Å². The summed E-state index contributed by atoms with van der Waals surface area (Å²) in [7, 11) is 1.65. The topological polar surface area (TPSA) is 75.7 Å². The molecule has 4 aromatic heterocycles. The summed E-state index contributed by atoms with van der Waals surface area (Å²) in [4.78, 5) is 16.7. The van der Waals surface area contributed by atoms with Crippen LogP contribution >= 0.6 is 0 Å². The van der Waals surface area contributed by atoms with E-state index in [0.29, 0.717) is 0 Å². The smallest absolute Gasteiger partial charge is 0.142 e. The number of rotatable bonds is 3. The van der Waals surface area contributed by atoms with E-state index in [2.05, 4.69) is 20.3 Å². The van der Waals surface area contributed by atoms with Gasteiger partial charge in [-0.3, -0.25) is 9.97 Å². The van der Waals surface area contributed by atoms with Gasteiger partial charge in [-0.1, -0.05) is 0 Å². The van der Waals surface area contributed by atoms with Gasteiger partial charge in [0.25, 0.3) is 0 Å². The average Bonchev–Trinajstić information content (AvgIpc) is 3.07. The first-order chi connectivity index (χ1) is 12.8. The monoisotopic (exact) mass is 341 g/mol. The number of aromatic amines is 1. The maximum atomic E-state index is 5.22. The second-order valence-electron chi connectivity index (χ2n) is 6.01. The van der Waals surface area contributed by atoms with Crippen molar-refractivity contribution in [3.8, 4) is 5.75 Å².